The molecular weight excluding hydrogens is 220 g/mol. The molecule has 2 N–H and O–H groups in total. The van der Waals surface area contributed by atoms with Crippen LogP contribution in [0.4, 0.5) is 5.69 Å². The minimum Gasteiger partial charge on any atom is -0.396 e. The summed E-state index contributed by atoms with van der Waals surface area (Å²) in [6, 6.07) is 4.19. The van der Waals surface area contributed by atoms with E-state index >= 15 is 0 Å². The highest BCUT2D eigenvalue weighted by Crippen LogP contribution is 2.30. The summed E-state index contributed by atoms with van der Waals surface area (Å²) in [5, 5.41) is 4.25. The first-order valence-electron chi connectivity index (χ1n) is 4.90. The first kappa shape index (κ1) is 9.35. The van der Waals surface area contributed by atoms with Crippen LogP contribution in [-0.2, 0) is 0 Å². The number of nitrogens with two attached hydrogens (primary N) is 1. The second-order valence-corrected chi connectivity index (χ2v) is 4.91. The fraction of sp³-hybridized carbons (Fsp3) is 0.0909. The maximum atomic E-state index is 5.66. The number of thiophene rings is 1. The van der Waals surface area contributed by atoms with Crippen molar-refractivity contribution >= 4 is 22.7 Å². The van der Waals surface area contributed by atoms with Crippen LogP contribution in [0.2, 0.25) is 0 Å². The number of anilines is 1. The van der Waals surface area contributed by atoms with E-state index in [-0.39, 0.29) is 0 Å². The Hall–Kier alpha value is -1.88. The molecule has 0 spiro atoms. The van der Waals surface area contributed by atoms with Gasteiger partial charge >= 0.3 is 0 Å². The van der Waals surface area contributed by atoms with Gasteiger partial charge < -0.3 is 5.73 Å². The number of nitrogen functional groups attached to an aromatic ring is 1. The molecule has 0 radical (unpaired) electrons. The zero-order valence-corrected chi connectivity index (χ0v) is 9.53. The summed E-state index contributed by atoms with van der Waals surface area (Å²) in [5.74, 6) is 0. The van der Waals surface area contributed by atoms with Crippen LogP contribution in [0.3, 0.4) is 0 Å². The van der Waals surface area contributed by atoms with Gasteiger partial charge in [-0.1, -0.05) is 0 Å². The average Bonchev–Trinajstić information content (AvgIpc) is 2.83. The van der Waals surface area contributed by atoms with Gasteiger partial charge in [0.2, 0.25) is 0 Å². The number of aromatic nitrogens is 3. The SMILES string of the molecule is Cc1ccc(-c2cnn3cc(N)cnc23)s1. The van der Waals surface area contributed by atoms with Gasteiger partial charge in [0.25, 0.3) is 0 Å². The predicted molar refractivity (Wildman–Crippen MR) is 65.4 cm³/mol. The van der Waals surface area contributed by atoms with E-state index in [1.54, 1.807) is 28.2 Å². The van der Waals surface area contributed by atoms with Gasteiger partial charge in [0, 0.05) is 9.75 Å². The van der Waals surface area contributed by atoms with Crippen LogP contribution < -0.4 is 5.73 Å². The summed E-state index contributed by atoms with van der Waals surface area (Å²) in [6.45, 7) is 2.09. The van der Waals surface area contributed by atoms with Crippen LogP contribution in [0, 0.1) is 6.92 Å². The summed E-state index contributed by atoms with van der Waals surface area (Å²) < 4.78 is 1.71. The molecule has 0 bridgehead atoms. The van der Waals surface area contributed by atoms with Crippen molar-refractivity contribution in [2.24, 2.45) is 0 Å². The average molecular weight is 230 g/mol. The molecule has 0 aliphatic heterocycles. The molecule has 5 heteroatoms. The van der Waals surface area contributed by atoms with Gasteiger partial charge in [-0.25, -0.2) is 9.50 Å². The molecule has 0 unspecified atom stereocenters. The van der Waals surface area contributed by atoms with Gasteiger partial charge in [0.15, 0.2) is 5.65 Å². The van der Waals surface area contributed by atoms with Gasteiger partial charge in [-0.05, 0) is 19.1 Å². The maximum Gasteiger partial charge on any atom is 0.163 e. The third kappa shape index (κ3) is 1.37. The van der Waals surface area contributed by atoms with Crippen molar-refractivity contribution in [2.45, 2.75) is 6.92 Å². The Kier molecular flexibility index (Phi) is 1.94. The molecule has 0 aliphatic rings. The van der Waals surface area contributed by atoms with E-state index in [9.17, 15) is 0 Å². The van der Waals surface area contributed by atoms with Crippen molar-refractivity contribution in [2.75, 3.05) is 5.73 Å². The number of nitrogens with zero attached hydrogens (tertiary/aromatic N) is 3. The minimum absolute atomic E-state index is 0.615. The summed E-state index contributed by atoms with van der Waals surface area (Å²) in [6.07, 6.45) is 5.25. The van der Waals surface area contributed by atoms with Gasteiger partial charge in [0.1, 0.15) is 0 Å². The molecule has 80 valence electrons. The molecule has 3 heterocycles. The van der Waals surface area contributed by atoms with Crippen LogP contribution >= 0.6 is 11.3 Å². The van der Waals surface area contributed by atoms with E-state index in [2.05, 4.69) is 29.1 Å². The Morgan fingerprint density at radius 3 is 2.94 bits per heavy atom. The normalized spacial score (nSPS) is 11.1. The van der Waals surface area contributed by atoms with Crippen LogP contribution in [0.25, 0.3) is 16.1 Å². The summed E-state index contributed by atoms with van der Waals surface area (Å²) in [5.41, 5.74) is 8.17. The van der Waals surface area contributed by atoms with E-state index in [4.69, 9.17) is 5.73 Å². The Morgan fingerprint density at radius 2 is 2.19 bits per heavy atom. The molecule has 0 fully saturated rings. The van der Waals surface area contributed by atoms with Crippen molar-refractivity contribution in [3.05, 3.63) is 35.6 Å². The zero-order valence-electron chi connectivity index (χ0n) is 8.71. The van der Waals surface area contributed by atoms with E-state index in [0.29, 0.717) is 5.69 Å². The van der Waals surface area contributed by atoms with Gasteiger partial charge in [0.05, 0.1) is 29.8 Å². The van der Waals surface area contributed by atoms with E-state index in [0.717, 1.165) is 11.2 Å². The van der Waals surface area contributed by atoms with Crippen molar-refractivity contribution in [3.63, 3.8) is 0 Å². The highest BCUT2D eigenvalue weighted by atomic mass is 32.1. The Balaban J connectivity index is 2.25. The lowest BCUT2D eigenvalue weighted by Gasteiger charge is -1.96. The van der Waals surface area contributed by atoms with Crippen LogP contribution in [-0.4, -0.2) is 14.6 Å². The maximum absolute atomic E-state index is 5.66. The third-order valence-electron chi connectivity index (χ3n) is 2.38. The number of rotatable bonds is 1. The van der Waals surface area contributed by atoms with E-state index in [1.807, 2.05) is 6.20 Å². The molecule has 0 atom stereocenters. The van der Waals surface area contributed by atoms with Gasteiger partial charge in [-0.2, -0.15) is 5.10 Å². The molecule has 0 amide bonds. The fourth-order valence-electron chi connectivity index (χ4n) is 1.64. The second-order valence-electron chi connectivity index (χ2n) is 3.62. The quantitative estimate of drug-likeness (QED) is 0.698. The second kappa shape index (κ2) is 3.31. The first-order chi connectivity index (χ1) is 7.74. The molecule has 3 aromatic heterocycles. The largest absolute Gasteiger partial charge is 0.396 e. The minimum atomic E-state index is 0.615. The molecule has 4 nitrogen and oxygen atoms in total. The van der Waals surface area contributed by atoms with Gasteiger partial charge in [-0.15, -0.1) is 11.3 Å². The van der Waals surface area contributed by atoms with Crippen LogP contribution in [0.1, 0.15) is 4.88 Å². The predicted octanol–water partition coefficient (Wildman–Crippen LogP) is 2.35. The molecule has 3 rings (SSSR count). The molecule has 0 saturated carbocycles. The van der Waals surface area contributed by atoms with Crippen molar-refractivity contribution < 1.29 is 0 Å². The zero-order chi connectivity index (χ0) is 11.1. The highest BCUT2D eigenvalue weighted by Gasteiger charge is 2.09. The Bertz CT molecular complexity index is 653. The monoisotopic (exact) mass is 230 g/mol. The lowest BCUT2D eigenvalue weighted by Crippen LogP contribution is -1.94. The summed E-state index contributed by atoms with van der Waals surface area (Å²) >= 11 is 1.74. The number of fused-ring (bicyclic) bond motifs is 1. The highest BCUT2D eigenvalue weighted by molar-refractivity contribution is 7.15. The first-order valence-corrected chi connectivity index (χ1v) is 5.71. The third-order valence-corrected chi connectivity index (χ3v) is 3.42. The van der Waals surface area contributed by atoms with E-state index in [1.165, 1.54) is 9.75 Å². The van der Waals surface area contributed by atoms with Crippen LogP contribution in [0.15, 0.2) is 30.7 Å². The summed E-state index contributed by atoms with van der Waals surface area (Å²) in [7, 11) is 0. The lowest BCUT2D eigenvalue weighted by molar-refractivity contribution is 0.942. The Morgan fingerprint density at radius 1 is 1.31 bits per heavy atom. The topological polar surface area (TPSA) is 56.2 Å². The van der Waals surface area contributed by atoms with E-state index < -0.39 is 0 Å². The fourth-order valence-corrected chi connectivity index (χ4v) is 2.52. The van der Waals surface area contributed by atoms with Crippen LogP contribution in [0.5, 0.6) is 0 Å². The molecule has 3 aromatic rings. The molecule has 16 heavy (non-hydrogen) atoms. The van der Waals surface area contributed by atoms with Crippen molar-refractivity contribution in [3.8, 4) is 10.4 Å². The molecular formula is C11H10N4S. The summed E-state index contributed by atoms with van der Waals surface area (Å²) in [4.78, 5) is 6.78. The van der Waals surface area contributed by atoms with Crippen molar-refractivity contribution in [1.82, 2.24) is 14.6 Å². The standard InChI is InChI=1S/C11H10N4S/c1-7-2-3-10(16-7)9-5-14-15-6-8(12)4-13-11(9)15/h2-6H,12H2,1H3. The van der Waals surface area contributed by atoms with Gasteiger partial charge in [-0.3, -0.25) is 0 Å². The molecule has 0 aliphatic carbocycles. The molecule has 0 aromatic carbocycles. The smallest absolute Gasteiger partial charge is 0.163 e. The number of hydrogen-bond acceptors (Lipinski definition) is 4. The molecule has 0 saturated heterocycles. The Labute approximate surface area is 96.4 Å². The lowest BCUT2D eigenvalue weighted by atomic mass is 10.3. The number of hydrogen-bond donors (Lipinski definition) is 1. The number of aryl methyl sites for hydroxylation is 1. The van der Waals surface area contributed by atoms with Crippen molar-refractivity contribution in [1.29, 1.82) is 0 Å².